The Morgan fingerprint density at radius 1 is 1.33 bits per heavy atom. The Morgan fingerprint density at radius 2 is 2.24 bits per heavy atom. The van der Waals surface area contributed by atoms with Gasteiger partial charge in [-0.2, -0.15) is 0 Å². The van der Waals surface area contributed by atoms with Crippen LogP contribution < -0.4 is 15.4 Å². The van der Waals surface area contributed by atoms with Gasteiger partial charge in [0.25, 0.3) is 0 Å². The molecule has 0 spiro atoms. The molecule has 5 nitrogen and oxygen atoms in total. The van der Waals surface area contributed by atoms with E-state index in [4.69, 9.17) is 16.3 Å². The number of benzene rings is 1. The SMILES string of the molecule is Fc1ccc(Oc2cc(NC3CCNC3)ncn2)cc1Cl. The van der Waals surface area contributed by atoms with Crippen LogP contribution in [0, 0.1) is 5.82 Å². The number of halogens is 2. The van der Waals surface area contributed by atoms with Crippen LogP contribution in [0.2, 0.25) is 5.02 Å². The monoisotopic (exact) mass is 308 g/mol. The van der Waals surface area contributed by atoms with Crippen LogP contribution in [0.1, 0.15) is 6.42 Å². The second kappa shape index (κ2) is 6.24. The minimum atomic E-state index is -0.484. The lowest BCUT2D eigenvalue weighted by molar-refractivity contribution is 0.460. The lowest BCUT2D eigenvalue weighted by Crippen LogP contribution is -2.22. The standard InChI is InChI=1S/C14H14ClFN4O/c15-11-5-10(1-2-12(11)16)21-14-6-13(18-8-19-14)20-9-3-4-17-7-9/h1-2,5-6,8-9,17H,3-4,7H2,(H,18,19,20). The smallest absolute Gasteiger partial charge is 0.224 e. The molecule has 0 amide bonds. The summed E-state index contributed by atoms with van der Waals surface area (Å²) in [7, 11) is 0. The van der Waals surface area contributed by atoms with E-state index < -0.39 is 5.82 Å². The van der Waals surface area contributed by atoms with Crippen molar-refractivity contribution >= 4 is 17.4 Å². The van der Waals surface area contributed by atoms with Gasteiger partial charge >= 0.3 is 0 Å². The number of hydrogen-bond acceptors (Lipinski definition) is 5. The van der Waals surface area contributed by atoms with E-state index in [1.165, 1.54) is 24.5 Å². The molecule has 1 aliphatic heterocycles. The molecule has 0 radical (unpaired) electrons. The molecule has 1 atom stereocenters. The molecule has 21 heavy (non-hydrogen) atoms. The summed E-state index contributed by atoms with van der Waals surface area (Å²) in [4.78, 5) is 8.20. The van der Waals surface area contributed by atoms with Gasteiger partial charge in [-0.3, -0.25) is 0 Å². The molecule has 1 aromatic heterocycles. The van der Waals surface area contributed by atoms with Crippen LogP contribution in [0.3, 0.4) is 0 Å². The fourth-order valence-electron chi connectivity index (χ4n) is 2.12. The van der Waals surface area contributed by atoms with Crippen molar-refractivity contribution in [3.8, 4) is 11.6 Å². The van der Waals surface area contributed by atoms with Crippen LogP contribution in [0.25, 0.3) is 0 Å². The fraction of sp³-hybridized carbons (Fsp3) is 0.286. The molecule has 1 unspecified atom stereocenters. The van der Waals surface area contributed by atoms with Gasteiger partial charge in [0.1, 0.15) is 23.7 Å². The highest BCUT2D eigenvalue weighted by molar-refractivity contribution is 6.30. The summed E-state index contributed by atoms with van der Waals surface area (Å²) >= 11 is 5.72. The summed E-state index contributed by atoms with van der Waals surface area (Å²) in [6.45, 7) is 1.91. The zero-order valence-corrected chi connectivity index (χ0v) is 11.9. The molecular formula is C14H14ClFN4O. The van der Waals surface area contributed by atoms with E-state index in [1.54, 1.807) is 6.07 Å². The first-order valence-electron chi connectivity index (χ1n) is 6.63. The van der Waals surface area contributed by atoms with E-state index in [0.29, 0.717) is 23.5 Å². The van der Waals surface area contributed by atoms with E-state index in [1.807, 2.05) is 0 Å². The van der Waals surface area contributed by atoms with E-state index >= 15 is 0 Å². The van der Waals surface area contributed by atoms with Gasteiger partial charge in [-0.25, -0.2) is 14.4 Å². The van der Waals surface area contributed by atoms with Crippen LogP contribution in [-0.2, 0) is 0 Å². The Morgan fingerprint density at radius 3 is 3.00 bits per heavy atom. The van der Waals surface area contributed by atoms with Crippen LogP contribution in [-0.4, -0.2) is 29.1 Å². The van der Waals surface area contributed by atoms with Crippen molar-refractivity contribution in [3.05, 3.63) is 41.4 Å². The molecule has 2 heterocycles. The average Bonchev–Trinajstić information content (AvgIpc) is 2.96. The van der Waals surface area contributed by atoms with E-state index in [0.717, 1.165) is 19.5 Å². The second-order valence-electron chi connectivity index (χ2n) is 4.75. The number of rotatable bonds is 4. The highest BCUT2D eigenvalue weighted by Crippen LogP contribution is 2.25. The highest BCUT2D eigenvalue weighted by atomic mass is 35.5. The molecule has 1 saturated heterocycles. The molecule has 2 aromatic rings. The van der Waals surface area contributed by atoms with Crippen molar-refractivity contribution in [3.63, 3.8) is 0 Å². The zero-order chi connectivity index (χ0) is 14.7. The molecule has 1 fully saturated rings. The predicted octanol–water partition coefficient (Wildman–Crippen LogP) is 2.84. The minimum absolute atomic E-state index is 0.0111. The maximum atomic E-state index is 13.1. The van der Waals surface area contributed by atoms with Crippen LogP contribution in [0.15, 0.2) is 30.6 Å². The first-order valence-corrected chi connectivity index (χ1v) is 7.01. The first-order chi connectivity index (χ1) is 10.2. The molecule has 0 aliphatic carbocycles. The molecule has 3 rings (SSSR count). The first kappa shape index (κ1) is 14.0. The van der Waals surface area contributed by atoms with Crippen molar-refractivity contribution in [1.29, 1.82) is 0 Å². The summed E-state index contributed by atoms with van der Waals surface area (Å²) in [6.07, 6.45) is 2.47. The van der Waals surface area contributed by atoms with E-state index in [2.05, 4.69) is 20.6 Å². The largest absolute Gasteiger partial charge is 0.439 e. The Labute approximate surface area is 126 Å². The second-order valence-corrected chi connectivity index (χ2v) is 5.16. The number of ether oxygens (including phenoxy) is 1. The van der Waals surface area contributed by atoms with Crippen molar-refractivity contribution in [2.75, 3.05) is 18.4 Å². The topological polar surface area (TPSA) is 59.1 Å². The lowest BCUT2D eigenvalue weighted by Gasteiger charge is -2.12. The maximum absolute atomic E-state index is 13.1. The van der Waals surface area contributed by atoms with Crippen molar-refractivity contribution < 1.29 is 9.13 Å². The van der Waals surface area contributed by atoms with Gasteiger partial charge in [-0.05, 0) is 25.1 Å². The molecular weight excluding hydrogens is 295 g/mol. The molecule has 7 heteroatoms. The normalized spacial score (nSPS) is 17.7. The molecule has 1 aliphatic rings. The summed E-state index contributed by atoms with van der Waals surface area (Å²) in [5.41, 5.74) is 0. The number of nitrogens with zero attached hydrogens (tertiary/aromatic N) is 2. The van der Waals surface area contributed by atoms with Gasteiger partial charge in [0.2, 0.25) is 5.88 Å². The maximum Gasteiger partial charge on any atom is 0.224 e. The Balaban J connectivity index is 1.71. The van der Waals surface area contributed by atoms with Crippen LogP contribution in [0.4, 0.5) is 10.2 Å². The van der Waals surface area contributed by atoms with Crippen LogP contribution >= 0.6 is 11.6 Å². The third kappa shape index (κ3) is 3.59. The number of aromatic nitrogens is 2. The average molecular weight is 309 g/mol. The van der Waals surface area contributed by atoms with Gasteiger partial charge in [0, 0.05) is 24.7 Å². The van der Waals surface area contributed by atoms with Gasteiger partial charge in [-0.15, -0.1) is 0 Å². The van der Waals surface area contributed by atoms with E-state index in [9.17, 15) is 4.39 Å². The highest BCUT2D eigenvalue weighted by Gasteiger charge is 2.14. The summed E-state index contributed by atoms with van der Waals surface area (Å²) in [5.74, 6) is 1.01. The van der Waals surface area contributed by atoms with Crippen LogP contribution in [0.5, 0.6) is 11.6 Å². The Hall–Kier alpha value is -1.92. The Bertz CT molecular complexity index is 634. The summed E-state index contributed by atoms with van der Waals surface area (Å²) < 4.78 is 18.7. The molecule has 1 aromatic carbocycles. The molecule has 2 N–H and O–H groups in total. The zero-order valence-electron chi connectivity index (χ0n) is 11.1. The number of nitrogens with one attached hydrogen (secondary N) is 2. The van der Waals surface area contributed by atoms with Gasteiger partial charge in [-0.1, -0.05) is 11.6 Å². The fourth-order valence-corrected chi connectivity index (χ4v) is 2.29. The van der Waals surface area contributed by atoms with Gasteiger partial charge in [0.05, 0.1) is 5.02 Å². The molecule has 110 valence electrons. The third-order valence-corrected chi connectivity index (χ3v) is 3.46. The van der Waals surface area contributed by atoms with Crippen molar-refractivity contribution in [2.45, 2.75) is 12.5 Å². The van der Waals surface area contributed by atoms with Gasteiger partial charge in [0.15, 0.2) is 0 Å². The third-order valence-electron chi connectivity index (χ3n) is 3.17. The van der Waals surface area contributed by atoms with Gasteiger partial charge < -0.3 is 15.4 Å². The van der Waals surface area contributed by atoms with Crippen molar-refractivity contribution in [1.82, 2.24) is 15.3 Å². The lowest BCUT2D eigenvalue weighted by atomic mass is 10.2. The minimum Gasteiger partial charge on any atom is -0.439 e. The molecule has 0 saturated carbocycles. The summed E-state index contributed by atoms with van der Waals surface area (Å²) in [6, 6.07) is 6.22. The van der Waals surface area contributed by atoms with E-state index in [-0.39, 0.29) is 5.02 Å². The summed E-state index contributed by atoms with van der Waals surface area (Å²) in [5, 5.41) is 6.59. The number of anilines is 1. The number of hydrogen-bond donors (Lipinski definition) is 2. The molecule has 0 bridgehead atoms. The van der Waals surface area contributed by atoms with Crippen molar-refractivity contribution in [2.24, 2.45) is 0 Å². The Kier molecular flexibility index (Phi) is 4.17. The predicted molar refractivity (Wildman–Crippen MR) is 78.4 cm³/mol. The quantitative estimate of drug-likeness (QED) is 0.909.